The maximum atomic E-state index is 5.33. The van der Waals surface area contributed by atoms with Gasteiger partial charge in [0.15, 0.2) is 0 Å². The summed E-state index contributed by atoms with van der Waals surface area (Å²) in [6.45, 7) is 2.81. The predicted molar refractivity (Wildman–Crippen MR) is 67.5 cm³/mol. The van der Waals surface area contributed by atoms with Crippen LogP contribution in [-0.2, 0) is 27.7 Å². The molecule has 0 unspecified atom stereocenters. The zero-order chi connectivity index (χ0) is 12.1. The van der Waals surface area contributed by atoms with Crippen LogP contribution in [0.2, 0.25) is 0 Å². The third-order valence-electron chi connectivity index (χ3n) is 1.93. The van der Waals surface area contributed by atoms with E-state index in [-0.39, 0.29) is 0 Å². The molecule has 0 aliphatic heterocycles. The molecule has 0 saturated heterocycles. The summed E-state index contributed by atoms with van der Waals surface area (Å²) >= 11 is 4.25. The molecule has 1 aromatic carbocycles. The maximum absolute atomic E-state index is 5.33. The van der Waals surface area contributed by atoms with E-state index in [0.717, 1.165) is 6.42 Å². The van der Waals surface area contributed by atoms with Gasteiger partial charge in [-0.2, -0.15) is 6.42 Å². The minimum atomic E-state index is 0.639. The Labute approximate surface area is 115 Å². The summed E-state index contributed by atoms with van der Waals surface area (Å²) in [5.41, 5.74) is 1.20. The second-order valence-electron chi connectivity index (χ2n) is 3.22. The summed E-state index contributed by atoms with van der Waals surface area (Å²) in [4.78, 5) is 0. The van der Waals surface area contributed by atoms with Gasteiger partial charge in [-0.15, -0.1) is 0 Å². The second kappa shape index (κ2) is 12.9. The van der Waals surface area contributed by atoms with E-state index in [1.54, 1.807) is 6.26 Å². The molecule has 0 heterocycles. The Hall–Kier alpha value is -0.137. The number of hydrogen-bond acceptors (Lipinski definition) is 1. The first-order valence-electron chi connectivity index (χ1n) is 5.41. The third kappa shape index (κ3) is 9.12. The first-order valence-corrected chi connectivity index (χ1v) is 12.4. The molecule has 84 valence electrons. The Balaban J connectivity index is 0.00000106. The van der Waals surface area contributed by atoms with E-state index < -0.39 is 0 Å². The molecule has 16 heavy (non-hydrogen) atoms. The van der Waals surface area contributed by atoms with Crippen LogP contribution in [0.25, 0.3) is 0 Å². The van der Waals surface area contributed by atoms with Crippen molar-refractivity contribution in [2.75, 3.05) is 0 Å². The van der Waals surface area contributed by atoms with Crippen molar-refractivity contribution in [3.05, 3.63) is 48.2 Å². The van der Waals surface area contributed by atoms with Gasteiger partial charge in [-0.25, -0.2) is 0 Å². The van der Waals surface area contributed by atoms with E-state index in [0.29, 0.717) is 6.61 Å². The molecule has 1 nitrogen and oxygen atoms in total. The zero-order valence-electron chi connectivity index (χ0n) is 9.79. The van der Waals surface area contributed by atoms with Gasteiger partial charge in [0.2, 0.25) is 0 Å². The number of allylic oxidation sites excluding steroid dienone is 1. The van der Waals surface area contributed by atoms with Gasteiger partial charge in [0.25, 0.3) is 0 Å². The number of halogens is 1. The molecule has 0 spiro atoms. The van der Waals surface area contributed by atoms with Crippen LogP contribution in [0.15, 0.2) is 36.6 Å². The summed E-state index contributed by atoms with van der Waals surface area (Å²) in [6, 6.07) is 10.2. The van der Waals surface area contributed by atoms with Gasteiger partial charge in [0.05, 0.1) is 0 Å². The van der Waals surface area contributed by atoms with Crippen LogP contribution in [0.1, 0.15) is 31.7 Å². The fraction of sp³-hybridized carbons (Fsp3) is 0.385. The topological polar surface area (TPSA) is 9.23 Å². The van der Waals surface area contributed by atoms with Crippen molar-refractivity contribution >= 4 is 13.6 Å². The minimum absolute atomic E-state index is 0.639. The van der Waals surface area contributed by atoms with Crippen LogP contribution in [0, 0.1) is 6.08 Å². The molecule has 0 bridgehead atoms. The molecule has 0 N–H and O–H groups in total. The average molecular weight is 335 g/mol. The monoisotopic (exact) mass is 332 g/mol. The summed E-state index contributed by atoms with van der Waals surface area (Å²) in [7, 11) is 0. The standard InChI is InChI=1S/C13H17O.BrH.Zn/c1-2-3-4-8-11-14-12-13-9-6-5-7-10-13;;/h5-7,9-11H,2-4,12H2,1H3;1H;/q-1;;+2/p-1. The fourth-order valence-corrected chi connectivity index (χ4v) is 1.11. The van der Waals surface area contributed by atoms with Gasteiger partial charge in [-0.3, -0.25) is 0 Å². The van der Waals surface area contributed by atoms with Crippen molar-refractivity contribution in [3.63, 3.8) is 0 Å². The van der Waals surface area contributed by atoms with Crippen molar-refractivity contribution in [1.82, 2.24) is 0 Å². The van der Waals surface area contributed by atoms with Crippen LogP contribution in [0.3, 0.4) is 0 Å². The van der Waals surface area contributed by atoms with Gasteiger partial charge >= 0.3 is 30.0 Å². The normalized spacial score (nSPS) is 9.75. The second-order valence-corrected chi connectivity index (χ2v) is 3.22. The Morgan fingerprint density at radius 3 is 2.62 bits per heavy atom. The Morgan fingerprint density at radius 1 is 1.31 bits per heavy atom. The first kappa shape index (κ1) is 15.9. The van der Waals surface area contributed by atoms with E-state index in [1.165, 1.54) is 34.7 Å². The molecular formula is C13H17BrOZn. The SMILES string of the molecule is CCCC[C-]=COCc1ccccc1.[Zn+][Br]. The molecule has 0 saturated carbocycles. The van der Waals surface area contributed by atoms with Crippen LogP contribution in [0.4, 0.5) is 0 Å². The molecule has 0 aliphatic rings. The van der Waals surface area contributed by atoms with Crippen LogP contribution >= 0.6 is 13.6 Å². The third-order valence-corrected chi connectivity index (χ3v) is 1.93. The molecule has 3 heteroatoms. The van der Waals surface area contributed by atoms with Crippen molar-refractivity contribution in [1.29, 1.82) is 0 Å². The van der Waals surface area contributed by atoms with Crippen molar-refractivity contribution in [2.24, 2.45) is 0 Å². The van der Waals surface area contributed by atoms with Gasteiger partial charge in [-0.1, -0.05) is 56.4 Å². The molecule has 0 radical (unpaired) electrons. The Kier molecular flexibility index (Phi) is 12.8. The van der Waals surface area contributed by atoms with Crippen LogP contribution in [-0.4, -0.2) is 0 Å². The van der Waals surface area contributed by atoms with Crippen LogP contribution < -0.4 is 0 Å². The van der Waals surface area contributed by atoms with Gasteiger partial charge < -0.3 is 10.8 Å². The van der Waals surface area contributed by atoms with Crippen LogP contribution in [0.5, 0.6) is 0 Å². The number of benzene rings is 1. The molecule has 0 fully saturated rings. The Morgan fingerprint density at radius 2 is 2.00 bits per heavy atom. The zero-order valence-corrected chi connectivity index (χ0v) is 14.3. The van der Waals surface area contributed by atoms with Gasteiger partial charge in [-0.05, 0) is 5.56 Å². The predicted octanol–water partition coefficient (Wildman–Crippen LogP) is 4.55. The molecular weight excluding hydrogens is 317 g/mol. The number of rotatable bonds is 6. The molecule has 1 rings (SSSR count). The fourth-order valence-electron chi connectivity index (χ4n) is 1.11. The first-order chi connectivity index (χ1) is 7.93. The number of ether oxygens (including phenoxy) is 1. The Bertz CT molecular complexity index is 262. The van der Waals surface area contributed by atoms with E-state index in [9.17, 15) is 0 Å². The summed E-state index contributed by atoms with van der Waals surface area (Å²) in [6.07, 6.45) is 8.18. The van der Waals surface area contributed by atoms with Gasteiger partial charge in [0.1, 0.15) is 6.61 Å². The summed E-state index contributed by atoms with van der Waals surface area (Å²) in [5, 5.41) is 0. The quantitative estimate of drug-likeness (QED) is 0.321. The average Bonchev–Trinajstić information content (AvgIpc) is 2.37. The molecule has 0 aliphatic carbocycles. The molecule has 0 atom stereocenters. The van der Waals surface area contributed by atoms with E-state index in [1.807, 2.05) is 18.2 Å². The molecule has 0 aromatic heterocycles. The van der Waals surface area contributed by atoms with Crippen molar-refractivity contribution in [3.8, 4) is 0 Å². The van der Waals surface area contributed by atoms with E-state index in [2.05, 4.69) is 38.8 Å². The van der Waals surface area contributed by atoms with E-state index in [4.69, 9.17) is 4.74 Å². The molecule has 0 amide bonds. The van der Waals surface area contributed by atoms with Crippen molar-refractivity contribution in [2.45, 2.75) is 32.8 Å². The van der Waals surface area contributed by atoms with Crippen molar-refractivity contribution < 1.29 is 21.1 Å². The number of unbranched alkanes of at least 4 members (excludes halogenated alkanes) is 2. The number of hydrogen-bond donors (Lipinski definition) is 0. The molecule has 1 aromatic rings. The van der Waals surface area contributed by atoms with Gasteiger partial charge in [0, 0.05) is 0 Å². The summed E-state index contributed by atoms with van der Waals surface area (Å²) in [5.74, 6) is 0. The summed E-state index contributed by atoms with van der Waals surface area (Å²) < 4.78 is 5.33. The van der Waals surface area contributed by atoms with E-state index >= 15 is 0 Å².